The number of azide groups is 1. The van der Waals surface area contributed by atoms with Crippen LogP contribution in [-0.4, -0.2) is 147 Å². The Balaban J connectivity index is 2.15. The molecule has 10 atom stereocenters. The zero-order valence-corrected chi connectivity index (χ0v) is 35.9. The lowest BCUT2D eigenvalue weighted by atomic mass is 9.95. The van der Waals surface area contributed by atoms with Crippen molar-refractivity contribution in [3.8, 4) is 5.75 Å². The van der Waals surface area contributed by atoms with E-state index in [0.29, 0.717) is 17.9 Å². The highest BCUT2D eigenvalue weighted by molar-refractivity contribution is 7.80. The first-order chi connectivity index (χ1) is 27.8. The molecule has 22 nitrogen and oxygen atoms in total. The second kappa shape index (κ2) is 23.3. The summed E-state index contributed by atoms with van der Waals surface area (Å²) < 4.78 is 101. The van der Waals surface area contributed by atoms with Crippen molar-refractivity contribution in [1.29, 1.82) is 0 Å². The van der Waals surface area contributed by atoms with Crippen molar-refractivity contribution in [2.45, 2.75) is 120 Å². The van der Waals surface area contributed by atoms with Gasteiger partial charge in [-0.2, -0.15) is 8.42 Å². The summed E-state index contributed by atoms with van der Waals surface area (Å²) in [5.74, 6) is -2.60. The van der Waals surface area contributed by atoms with Gasteiger partial charge >= 0.3 is 28.3 Å². The molecule has 332 valence electrons. The normalized spacial score (nSPS) is 27.2. The molecule has 59 heavy (non-hydrogen) atoms. The van der Waals surface area contributed by atoms with Gasteiger partial charge in [-0.25, -0.2) is 8.98 Å². The molecule has 3 rings (SSSR count). The van der Waals surface area contributed by atoms with Crippen molar-refractivity contribution in [2.75, 3.05) is 41.3 Å². The molecule has 2 fully saturated rings. The number of ketones is 1. The average Bonchev–Trinajstić information content (AvgIpc) is 3.16. The highest BCUT2D eigenvalue weighted by atomic mass is 32.3. The summed E-state index contributed by atoms with van der Waals surface area (Å²) in [6.45, 7) is 7.46. The first kappa shape index (κ1) is 49.6. The number of esters is 3. The number of carbonyl (C=O) groups excluding carboxylic acids is 4. The Morgan fingerprint density at radius 1 is 0.898 bits per heavy atom. The van der Waals surface area contributed by atoms with E-state index in [0.717, 1.165) is 20.1 Å². The number of hydrogen-bond acceptors (Lipinski definition) is 19. The summed E-state index contributed by atoms with van der Waals surface area (Å²) >= 11 is 0. The van der Waals surface area contributed by atoms with Gasteiger partial charge < -0.3 is 56.9 Å². The molecule has 0 amide bonds. The first-order valence-corrected chi connectivity index (χ1v) is 23.4. The first-order valence-electron chi connectivity index (χ1n) is 18.3. The van der Waals surface area contributed by atoms with Gasteiger partial charge in [-0.15, -0.1) is 0 Å². The third-order valence-corrected chi connectivity index (χ3v) is 11.0. The number of methoxy groups -OCH3 is 3. The van der Waals surface area contributed by atoms with E-state index >= 15 is 0 Å². The molecule has 2 aliphatic heterocycles. The van der Waals surface area contributed by atoms with Gasteiger partial charge in [0.05, 0.1) is 33.9 Å². The Morgan fingerprint density at radius 2 is 1.59 bits per heavy atom. The predicted molar refractivity (Wildman–Crippen MR) is 202 cm³/mol. The summed E-state index contributed by atoms with van der Waals surface area (Å²) in [7, 11) is -2.92. The minimum absolute atomic E-state index is 0.224. The zero-order chi connectivity index (χ0) is 43.9. The minimum Gasteiger partial charge on any atom is -0.497 e. The Bertz CT molecular complexity index is 1710. The smallest absolute Gasteiger partial charge is 0.397 e. The van der Waals surface area contributed by atoms with Crippen LogP contribution in [0, 0.1) is 0 Å². The van der Waals surface area contributed by atoms with Gasteiger partial charge in [-0.1, -0.05) is 36.9 Å². The second-order valence-electron chi connectivity index (χ2n) is 14.6. The van der Waals surface area contributed by atoms with E-state index in [-0.39, 0.29) is 18.8 Å². The van der Waals surface area contributed by atoms with Crippen molar-refractivity contribution in [1.82, 2.24) is 0 Å². The molecule has 1 N–H and O–H groups in total. The topological polar surface area (TPSA) is 282 Å². The molecule has 1 aromatic carbocycles. The summed E-state index contributed by atoms with van der Waals surface area (Å²) in [6.07, 6.45) is -15.1. The van der Waals surface area contributed by atoms with E-state index in [1.807, 2.05) is 0 Å². The van der Waals surface area contributed by atoms with Gasteiger partial charge in [0.15, 0.2) is 24.8 Å². The van der Waals surface area contributed by atoms with Crippen LogP contribution in [0.3, 0.4) is 0 Å². The molecule has 1 aromatic rings. The monoisotopic (exact) mass is 879 g/mol. The maximum atomic E-state index is 13.3. The number of ether oxygens (including phenoxy) is 11. The SMILES string of the molecule is COC(=O)[C@H]1O[C@H](OC)[C@H](OC(C)=O)[C@@H](OCOCC[Si](C)(C)C)[C@@H]1O[C@H]1O[C@H](COS(=O)(=O)O)[C@@H](OCc2ccc(OC)cc2)[C@H](OC(=O)CCC(C)=O)[C@H]1N=[N+]=[N-]. The molecule has 0 radical (unpaired) electrons. The number of benzene rings is 1. The van der Waals surface area contributed by atoms with Gasteiger partial charge in [0.25, 0.3) is 0 Å². The molecule has 0 aliphatic carbocycles. The van der Waals surface area contributed by atoms with Crippen LogP contribution >= 0.6 is 0 Å². The van der Waals surface area contributed by atoms with Crippen LogP contribution in [0.4, 0.5) is 0 Å². The van der Waals surface area contributed by atoms with E-state index in [9.17, 15) is 37.7 Å². The Morgan fingerprint density at radius 3 is 2.15 bits per heavy atom. The molecule has 0 aromatic heterocycles. The largest absolute Gasteiger partial charge is 0.497 e. The van der Waals surface area contributed by atoms with Crippen molar-refractivity contribution in [3.63, 3.8) is 0 Å². The number of hydrogen-bond donors (Lipinski definition) is 1. The summed E-state index contributed by atoms with van der Waals surface area (Å²) in [5.41, 5.74) is 10.4. The molecule has 2 saturated heterocycles. The quantitative estimate of drug-likeness (QED) is 0.0190. The molecular formula is C35H53N3O19SSi. The van der Waals surface area contributed by atoms with Gasteiger partial charge in [-0.3, -0.25) is 14.1 Å². The highest BCUT2D eigenvalue weighted by Crippen LogP contribution is 2.36. The Kier molecular flexibility index (Phi) is 19.6. The number of rotatable bonds is 23. The second-order valence-corrected chi connectivity index (χ2v) is 21.3. The van der Waals surface area contributed by atoms with Crippen LogP contribution in [0.2, 0.25) is 25.7 Å². The van der Waals surface area contributed by atoms with E-state index in [1.54, 1.807) is 24.3 Å². The van der Waals surface area contributed by atoms with Crippen LogP contribution in [-0.2, 0) is 87.7 Å². The fourth-order valence-corrected chi connectivity index (χ4v) is 6.96. The van der Waals surface area contributed by atoms with Crippen LogP contribution < -0.4 is 4.74 Å². The van der Waals surface area contributed by atoms with Crippen molar-refractivity contribution in [3.05, 3.63) is 40.3 Å². The summed E-state index contributed by atoms with van der Waals surface area (Å²) in [5, 5.41) is 3.81. The van der Waals surface area contributed by atoms with Crippen molar-refractivity contribution >= 4 is 42.2 Å². The lowest BCUT2D eigenvalue weighted by Crippen LogP contribution is -2.66. The molecule has 2 heterocycles. The Labute approximate surface area is 342 Å². The third kappa shape index (κ3) is 16.0. The van der Waals surface area contributed by atoms with Crippen LogP contribution in [0.15, 0.2) is 29.4 Å². The fourth-order valence-electron chi connectivity index (χ4n) is 5.89. The minimum atomic E-state index is -5.13. The third-order valence-electron chi connectivity index (χ3n) is 8.83. The Hall–Kier alpha value is -3.78. The number of Topliss-reactive ketones (excluding diaryl/α,β-unsaturated/α-hetero) is 1. The predicted octanol–water partition coefficient (Wildman–Crippen LogP) is 2.64. The fraction of sp³-hybridized carbons (Fsp3) is 0.714. The number of carbonyl (C=O) groups is 4. The molecule has 0 saturated carbocycles. The molecule has 0 unspecified atom stereocenters. The van der Waals surface area contributed by atoms with Gasteiger partial charge in [0.2, 0.25) is 0 Å². The van der Waals surface area contributed by atoms with Gasteiger partial charge in [-0.05, 0) is 36.2 Å². The molecule has 24 heteroatoms. The molecular weight excluding hydrogens is 827 g/mol. The zero-order valence-electron chi connectivity index (χ0n) is 34.1. The molecule has 0 bridgehead atoms. The van der Waals surface area contributed by atoms with Crippen LogP contribution in [0.1, 0.15) is 32.3 Å². The van der Waals surface area contributed by atoms with E-state index in [4.69, 9.17) is 52.1 Å². The van der Waals surface area contributed by atoms with Crippen LogP contribution in [0.25, 0.3) is 10.4 Å². The highest BCUT2D eigenvalue weighted by Gasteiger charge is 2.57. The van der Waals surface area contributed by atoms with Gasteiger partial charge in [0.1, 0.15) is 54.9 Å². The summed E-state index contributed by atoms with van der Waals surface area (Å²) in [4.78, 5) is 53.6. The lowest BCUT2D eigenvalue weighted by molar-refractivity contribution is -0.348. The van der Waals surface area contributed by atoms with Crippen LogP contribution in [0.5, 0.6) is 5.75 Å². The van der Waals surface area contributed by atoms with Crippen molar-refractivity contribution < 1.29 is 88.4 Å². The van der Waals surface area contributed by atoms with Crippen molar-refractivity contribution in [2.24, 2.45) is 5.11 Å². The van der Waals surface area contributed by atoms with Gasteiger partial charge in [0, 0.05) is 40.0 Å². The average molecular weight is 880 g/mol. The van der Waals surface area contributed by atoms with E-state index < -0.39 is 118 Å². The maximum Gasteiger partial charge on any atom is 0.397 e. The number of nitrogens with zero attached hydrogens (tertiary/aromatic N) is 3. The van der Waals surface area contributed by atoms with E-state index in [1.165, 1.54) is 21.1 Å². The lowest BCUT2D eigenvalue weighted by Gasteiger charge is -2.48. The van der Waals surface area contributed by atoms with E-state index in [2.05, 4.69) is 33.9 Å². The molecule has 2 aliphatic rings. The summed E-state index contributed by atoms with van der Waals surface area (Å²) in [6, 6.07) is 5.62. The maximum absolute atomic E-state index is 13.3. The standard InChI is InChI=1S/C35H53N3O19SSi/c1-20(39)9-14-25(41)55-28-26(37-38-36)34(54-24(18-52-58(43,44)45)27(28)50-17-22-10-12-23(46-3)13-11-22)56-30-29(51-19-49-15-16-59(6,7)8)32(53-21(2)40)35(48-5)57-31(30)33(42)47-4/h10-13,24,26-32,34-35H,9,14-19H2,1-8H3,(H,43,44,45)/t24-,26-,27-,28-,29+,30+,31+,32-,34-,35+/m1/s1. The molecule has 0 spiro atoms.